The zero-order valence-corrected chi connectivity index (χ0v) is 14.4. The number of benzene rings is 1. The van der Waals surface area contributed by atoms with E-state index >= 15 is 0 Å². The van der Waals surface area contributed by atoms with E-state index < -0.39 is 0 Å². The second-order valence-corrected chi connectivity index (χ2v) is 8.01. The highest BCUT2D eigenvalue weighted by molar-refractivity contribution is 8.03. The van der Waals surface area contributed by atoms with Gasteiger partial charge in [-0.15, -0.1) is 0 Å². The zero-order valence-electron chi connectivity index (χ0n) is 13.6. The molecular formula is C18H23NO2S. The van der Waals surface area contributed by atoms with E-state index in [0.29, 0.717) is 6.42 Å². The molecule has 1 aromatic rings. The van der Waals surface area contributed by atoms with Gasteiger partial charge in [-0.1, -0.05) is 51.6 Å². The highest BCUT2D eigenvalue weighted by atomic mass is 32.2. The topological polar surface area (TPSA) is 46.2 Å². The molecule has 0 aromatic heterocycles. The van der Waals surface area contributed by atoms with Gasteiger partial charge in [0, 0.05) is 17.2 Å². The molecule has 0 heterocycles. The highest BCUT2D eigenvalue weighted by Gasteiger charge is 2.28. The van der Waals surface area contributed by atoms with E-state index in [4.69, 9.17) is 0 Å². The molecular weight excluding hydrogens is 294 g/mol. The van der Waals surface area contributed by atoms with Crippen molar-refractivity contribution in [1.82, 2.24) is 0 Å². The quantitative estimate of drug-likeness (QED) is 0.879. The first-order valence-electron chi connectivity index (χ1n) is 7.58. The fraction of sp³-hybridized carbons (Fsp3) is 0.444. The van der Waals surface area contributed by atoms with Gasteiger partial charge in [0.05, 0.1) is 5.69 Å². The van der Waals surface area contributed by atoms with Crippen LogP contribution in [0.3, 0.4) is 0 Å². The van der Waals surface area contributed by atoms with Gasteiger partial charge in [0.2, 0.25) is 5.91 Å². The number of allylic oxidation sites excluding steroid dienone is 2. The van der Waals surface area contributed by atoms with Gasteiger partial charge in [0.25, 0.3) is 0 Å². The van der Waals surface area contributed by atoms with Gasteiger partial charge in [-0.25, -0.2) is 0 Å². The number of rotatable bonds is 4. The molecule has 0 unspecified atom stereocenters. The minimum absolute atomic E-state index is 0.00193. The van der Waals surface area contributed by atoms with E-state index in [-0.39, 0.29) is 23.0 Å². The number of anilines is 1. The molecule has 4 heteroatoms. The second kappa shape index (κ2) is 6.69. The Hall–Kier alpha value is -1.55. The summed E-state index contributed by atoms with van der Waals surface area (Å²) in [5.41, 5.74) is 0.813. The molecule has 118 valence electrons. The van der Waals surface area contributed by atoms with Crippen LogP contribution in [0.4, 0.5) is 5.69 Å². The lowest BCUT2D eigenvalue weighted by Crippen LogP contribution is -2.21. The summed E-state index contributed by atoms with van der Waals surface area (Å²) in [6.45, 7) is 7.97. The number of ketones is 1. The van der Waals surface area contributed by atoms with E-state index in [9.17, 15) is 9.59 Å². The summed E-state index contributed by atoms with van der Waals surface area (Å²) in [7, 11) is 0. The van der Waals surface area contributed by atoms with Crippen molar-refractivity contribution in [2.24, 2.45) is 11.3 Å². The summed E-state index contributed by atoms with van der Waals surface area (Å²) >= 11 is 1.58. The van der Waals surface area contributed by atoms with Crippen molar-refractivity contribution in [2.75, 3.05) is 5.32 Å². The fourth-order valence-electron chi connectivity index (χ4n) is 2.43. The first-order valence-corrected chi connectivity index (χ1v) is 8.40. The minimum atomic E-state index is -0.0625. The van der Waals surface area contributed by atoms with Crippen molar-refractivity contribution in [3.8, 4) is 0 Å². The minimum Gasteiger partial charge on any atom is -0.325 e. The predicted octanol–water partition coefficient (Wildman–Crippen LogP) is 4.65. The van der Waals surface area contributed by atoms with Crippen LogP contribution in [0, 0.1) is 11.3 Å². The third-order valence-corrected chi connectivity index (χ3v) is 4.64. The summed E-state index contributed by atoms with van der Waals surface area (Å²) < 4.78 is 0. The molecule has 0 saturated carbocycles. The lowest BCUT2D eigenvalue weighted by molar-refractivity contribution is -0.119. The monoisotopic (exact) mass is 317 g/mol. The maximum atomic E-state index is 11.9. The molecule has 1 aromatic carbocycles. The molecule has 0 aliphatic heterocycles. The summed E-state index contributed by atoms with van der Waals surface area (Å²) in [5.74, 6) is 0.122. The molecule has 2 rings (SSSR count). The fourth-order valence-corrected chi connectivity index (χ4v) is 3.74. The molecule has 22 heavy (non-hydrogen) atoms. The Morgan fingerprint density at radius 3 is 2.55 bits per heavy atom. The van der Waals surface area contributed by atoms with E-state index in [0.717, 1.165) is 21.9 Å². The van der Waals surface area contributed by atoms with E-state index in [2.05, 4.69) is 19.2 Å². The van der Waals surface area contributed by atoms with Gasteiger partial charge in [-0.2, -0.15) is 0 Å². The smallest absolute Gasteiger partial charge is 0.226 e. The molecule has 1 N–H and O–H groups in total. The van der Waals surface area contributed by atoms with Crippen LogP contribution in [0.2, 0.25) is 0 Å². The van der Waals surface area contributed by atoms with E-state index in [1.54, 1.807) is 17.8 Å². The number of hydrogen-bond donors (Lipinski definition) is 1. The summed E-state index contributed by atoms with van der Waals surface area (Å²) in [6.07, 6.45) is 3.23. The van der Waals surface area contributed by atoms with Crippen LogP contribution in [-0.2, 0) is 9.59 Å². The maximum Gasteiger partial charge on any atom is 0.226 e. The summed E-state index contributed by atoms with van der Waals surface area (Å²) in [4.78, 5) is 25.8. The number of nitrogens with one attached hydrogen (secondary N) is 1. The SMILES string of the molecule is CC(C)C(=O)Nc1ccccc1SC1=CC(=O)CC(C)(C)C1. The first kappa shape index (κ1) is 16.8. The van der Waals surface area contributed by atoms with Crippen LogP contribution in [0.1, 0.15) is 40.5 Å². The van der Waals surface area contributed by atoms with Gasteiger partial charge in [-0.05, 0) is 34.9 Å². The Balaban J connectivity index is 2.20. The first-order chi connectivity index (χ1) is 10.3. The van der Waals surface area contributed by atoms with Crippen LogP contribution in [-0.4, -0.2) is 11.7 Å². The van der Waals surface area contributed by atoms with Crippen molar-refractivity contribution in [1.29, 1.82) is 0 Å². The lowest BCUT2D eigenvalue weighted by Gasteiger charge is -2.28. The van der Waals surface area contributed by atoms with Crippen molar-refractivity contribution in [2.45, 2.75) is 45.4 Å². The van der Waals surface area contributed by atoms with Gasteiger partial charge < -0.3 is 5.32 Å². The molecule has 0 atom stereocenters. The van der Waals surface area contributed by atoms with Crippen molar-refractivity contribution < 1.29 is 9.59 Å². The molecule has 1 amide bonds. The second-order valence-electron chi connectivity index (χ2n) is 6.84. The number of carbonyl (C=O) groups excluding carboxylic acids is 2. The number of carbonyl (C=O) groups is 2. The molecule has 0 saturated heterocycles. The van der Waals surface area contributed by atoms with E-state index in [1.165, 1.54) is 0 Å². The maximum absolute atomic E-state index is 11.9. The van der Waals surface area contributed by atoms with Crippen LogP contribution >= 0.6 is 11.8 Å². The number of para-hydroxylation sites is 1. The Morgan fingerprint density at radius 1 is 1.23 bits per heavy atom. The van der Waals surface area contributed by atoms with Crippen LogP contribution < -0.4 is 5.32 Å². The number of thioether (sulfide) groups is 1. The molecule has 0 bridgehead atoms. The molecule has 1 aliphatic rings. The summed E-state index contributed by atoms with van der Waals surface area (Å²) in [6, 6.07) is 7.74. The summed E-state index contributed by atoms with van der Waals surface area (Å²) in [5, 5.41) is 2.96. The number of amides is 1. The standard InChI is InChI=1S/C18H23NO2S/c1-12(2)17(21)19-15-7-5-6-8-16(15)22-14-9-13(20)10-18(3,4)11-14/h5-9,12H,10-11H2,1-4H3,(H,19,21). The third kappa shape index (κ3) is 4.47. The Labute approximate surface area is 136 Å². The van der Waals surface area contributed by atoms with E-state index in [1.807, 2.05) is 38.1 Å². The van der Waals surface area contributed by atoms with Gasteiger partial charge >= 0.3 is 0 Å². The average Bonchev–Trinajstić information content (AvgIpc) is 2.38. The zero-order chi connectivity index (χ0) is 16.3. The lowest BCUT2D eigenvalue weighted by atomic mass is 9.80. The average molecular weight is 317 g/mol. The van der Waals surface area contributed by atoms with Crippen LogP contribution in [0.15, 0.2) is 40.1 Å². The van der Waals surface area contributed by atoms with Gasteiger partial charge in [0.15, 0.2) is 5.78 Å². The van der Waals surface area contributed by atoms with Crippen molar-refractivity contribution in [3.05, 3.63) is 35.2 Å². The van der Waals surface area contributed by atoms with Crippen LogP contribution in [0.25, 0.3) is 0 Å². The molecule has 0 radical (unpaired) electrons. The molecule has 3 nitrogen and oxygen atoms in total. The Bertz CT molecular complexity index is 617. The van der Waals surface area contributed by atoms with Gasteiger partial charge in [-0.3, -0.25) is 9.59 Å². The molecule has 0 fully saturated rings. The largest absolute Gasteiger partial charge is 0.325 e. The Kier molecular flexibility index (Phi) is 5.12. The van der Waals surface area contributed by atoms with Crippen molar-refractivity contribution in [3.63, 3.8) is 0 Å². The Morgan fingerprint density at radius 2 is 1.91 bits per heavy atom. The predicted molar refractivity (Wildman–Crippen MR) is 91.9 cm³/mol. The van der Waals surface area contributed by atoms with Crippen molar-refractivity contribution >= 4 is 29.1 Å². The highest BCUT2D eigenvalue weighted by Crippen LogP contribution is 2.42. The normalized spacial score (nSPS) is 17.3. The van der Waals surface area contributed by atoms with Gasteiger partial charge in [0.1, 0.15) is 0 Å². The molecule has 0 spiro atoms. The molecule has 1 aliphatic carbocycles. The third-order valence-electron chi connectivity index (χ3n) is 3.54. The van der Waals surface area contributed by atoms with Crippen LogP contribution in [0.5, 0.6) is 0 Å². The number of hydrogen-bond acceptors (Lipinski definition) is 3.